The zero-order valence-electron chi connectivity index (χ0n) is 22.2. The average molecular weight is 578 g/mol. The summed E-state index contributed by atoms with van der Waals surface area (Å²) in [5.74, 6) is 0.646. The Kier molecular flexibility index (Phi) is 9.99. The van der Waals surface area contributed by atoms with Gasteiger partial charge in [-0.3, -0.25) is 9.59 Å². The fourth-order valence-electron chi connectivity index (χ4n) is 5.06. The van der Waals surface area contributed by atoms with Gasteiger partial charge >= 0.3 is 0 Å². The van der Waals surface area contributed by atoms with E-state index in [1.807, 2.05) is 78.9 Å². The average Bonchev–Trinajstić information content (AvgIpc) is 3.43. The summed E-state index contributed by atoms with van der Waals surface area (Å²) in [6.07, 6.45) is 4.65. The molecule has 1 N–H and O–H groups in total. The molecule has 1 atom stereocenters. The molecule has 6 heteroatoms. The van der Waals surface area contributed by atoms with E-state index in [0.717, 1.165) is 46.8 Å². The molecule has 1 saturated carbocycles. The topological polar surface area (TPSA) is 58.6 Å². The minimum atomic E-state index is -0.659. The third-order valence-electron chi connectivity index (χ3n) is 7.11. The summed E-state index contributed by atoms with van der Waals surface area (Å²) in [5.41, 5.74) is 3.01. The lowest BCUT2D eigenvalue weighted by molar-refractivity contribution is -0.143. The van der Waals surface area contributed by atoms with Crippen LogP contribution in [0.2, 0.25) is 0 Å². The summed E-state index contributed by atoms with van der Waals surface area (Å²) in [6.45, 7) is 4.38. The van der Waals surface area contributed by atoms with Crippen LogP contribution in [0.3, 0.4) is 0 Å². The number of carbonyl (C=O) groups excluding carboxylic acids is 2. The number of carbonyl (C=O) groups is 2. The summed E-state index contributed by atoms with van der Waals surface area (Å²) in [6, 6.07) is 25.1. The van der Waals surface area contributed by atoms with Crippen molar-refractivity contribution in [1.82, 2.24) is 10.2 Å². The first-order chi connectivity index (χ1) is 18.4. The highest BCUT2D eigenvalue weighted by Crippen LogP contribution is 2.26. The minimum absolute atomic E-state index is 0.105. The van der Waals surface area contributed by atoms with Crippen molar-refractivity contribution in [2.75, 3.05) is 6.61 Å². The van der Waals surface area contributed by atoms with Crippen molar-refractivity contribution in [3.8, 4) is 5.75 Å². The summed E-state index contributed by atoms with van der Waals surface area (Å²) in [5, 5.41) is 3.25. The van der Waals surface area contributed by atoms with Gasteiger partial charge in [0.25, 0.3) is 5.91 Å². The smallest absolute Gasteiger partial charge is 0.261 e. The van der Waals surface area contributed by atoms with Gasteiger partial charge in [-0.1, -0.05) is 103 Å². The molecule has 3 aromatic rings. The van der Waals surface area contributed by atoms with Crippen LogP contribution in [0.15, 0.2) is 83.3 Å². The maximum absolute atomic E-state index is 13.9. The van der Waals surface area contributed by atoms with Gasteiger partial charge in [-0.25, -0.2) is 0 Å². The molecule has 0 aromatic heterocycles. The Morgan fingerprint density at radius 3 is 2.34 bits per heavy atom. The van der Waals surface area contributed by atoms with Crippen LogP contribution in [-0.2, 0) is 22.6 Å². The molecule has 1 aliphatic carbocycles. The zero-order chi connectivity index (χ0) is 26.9. The number of para-hydroxylation sites is 1. The van der Waals surface area contributed by atoms with Crippen LogP contribution in [0.1, 0.15) is 62.1 Å². The van der Waals surface area contributed by atoms with E-state index >= 15 is 0 Å². The highest BCUT2D eigenvalue weighted by molar-refractivity contribution is 9.10. The van der Waals surface area contributed by atoms with Crippen LogP contribution in [-0.4, -0.2) is 35.4 Å². The highest BCUT2D eigenvalue weighted by Gasteiger charge is 2.32. The lowest BCUT2D eigenvalue weighted by Crippen LogP contribution is -2.53. The Labute approximate surface area is 234 Å². The first-order valence-electron chi connectivity index (χ1n) is 13.5. The molecule has 0 bridgehead atoms. The fraction of sp³-hybridized carbons (Fsp3) is 0.375. The molecule has 0 heterocycles. The van der Waals surface area contributed by atoms with Crippen molar-refractivity contribution in [2.24, 2.45) is 0 Å². The quantitative estimate of drug-likeness (QED) is 0.278. The van der Waals surface area contributed by atoms with E-state index < -0.39 is 6.04 Å². The Morgan fingerprint density at radius 2 is 1.63 bits per heavy atom. The maximum atomic E-state index is 13.9. The minimum Gasteiger partial charge on any atom is -0.483 e. The van der Waals surface area contributed by atoms with Crippen LogP contribution in [0.5, 0.6) is 5.75 Å². The van der Waals surface area contributed by atoms with Gasteiger partial charge in [0.2, 0.25) is 5.91 Å². The van der Waals surface area contributed by atoms with Crippen LogP contribution in [0, 0.1) is 0 Å². The van der Waals surface area contributed by atoms with Gasteiger partial charge in [-0.2, -0.15) is 0 Å². The third kappa shape index (κ3) is 7.70. The van der Waals surface area contributed by atoms with Crippen molar-refractivity contribution >= 4 is 27.7 Å². The molecule has 1 unspecified atom stereocenters. The third-order valence-corrected chi connectivity index (χ3v) is 7.60. The first kappa shape index (κ1) is 27.9. The van der Waals surface area contributed by atoms with Gasteiger partial charge in [-0.05, 0) is 53.6 Å². The Morgan fingerprint density at radius 1 is 0.947 bits per heavy atom. The van der Waals surface area contributed by atoms with E-state index in [-0.39, 0.29) is 30.4 Å². The Balaban J connectivity index is 1.63. The molecule has 0 spiro atoms. The second-order valence-corrected chi connectivity index (χ2v) is 11.2. The van der Waals surface area contributed by atoms with E-state index in [1.165, 1.54) is 0 Å². The van der Waals surface area contributed by atoms with Gasteiger partial charge in [0.15, 0.2) is 6.61 Å². The number of halogens is 1. The molecule has 4 rings (SSSR count). The highest BCUT2D eigenvalue weighted by atomic mass is 79.9. The maximum Gasteiger partial charge on any atom is 0.261 e. The van der Waals surface area contributed by atoms with E-state index in [9.17, 15) is 9.59 Å². The van der Waals surface area contributed by atoms with Gasteiger partial charge in [0, 0.05) is 23.5 Å². The van der Waals surface area contributed by atoms with Crippen molar-refractivity contribution in [2.45, 2.75) is 70.5 Å². The number of hydrogen-bond acceptors (Lipinski definition) is 3. The standard InChI is InChI=1S/C32H37BrN2O3/c1-23(2)28-17-8-9-18-30(28)38-22-31(36)35(21-25-13-10-14-26(33)19-25)29(20-24-11-4-3-5-12-24)32(37)34-27-15-6-7-16-27/h3-5,8-14,17-19,23,27,29H,6-7,15-16,20-22H2,1-2H3,(H,34,37). The normalized spacial score (nSPS) is 14.3. The number of nitrogens with zero attached hydrogens (tertiary/aromatic N) is 1. The first-order valence-corrected chi connectivity index (χ1v) is 14.3. The molecule has 3 aromatic carbocycles. The van der Waals surface area contributed by atoms with Crippen molar-refractivity contribution in [1.29, 1.82) is 0 Å². The van der Waals surface area contributed by atoms with Crippen LogP contribution < -0.4 is 10.1 Å². The zero-order valence-corrected chi connectivity index (χ0v) is 23.8. The van der Waals surface area contributed by atoms with Gasteiger partial charge in [-0.15, -0.1) is 0 Å². The molecular formula is C32H37BrN2O3. The molecule has 1 aliphatic rings. The predicted octanol–water partition coefficient (Wildman–Crippen LogP) is 6.65. The molecule has 0 radical (unpaired) electrons. The van der Waals surface area contributed by atoms with Gasteiger partial charge in [0.1, 0.15) is 11.8 Å². The SMILES string of the molecule is CC(C)c1ccccc1OCC(=O)N(Cc1cccc(Br)c1)C(Cc1ccccc1)C(=O)NC1CCCC1. The van der Waals surface area contributed by atoms with E-state index in [2.05, 4.69) is 35.1 Å². The number of rotatable bonds is 11. The molecule has 0 saturated heterocycles. The summed E-state index contributed by atoms with van der Waals surface area (Å²) in [7, 11) is 0. The van der Waals surface area contributed by atoms with Gasteiger partial charge < -0.3 is 15.0 Å². The second kappa shape index (κ2) is 13.6. The number of hydrogen-bond donors (Lipinski definition) is 1. The van der Waals surface area contributed by atoms with Crippen LogP contribution in [0.25, 0.3) is 0 Å². The molecular weight excluding hydrogens is 540 g/mol. The van der Waals surface area contributed by atoms with Crippen molar-refractivity contribution < 1.29 is 14.3 Å². The number of benzene rings is 3. The fourth-order valence-corrected chi connectivity index (χ4v) is 5.51. The molecule has 1 fully saturated rings. The number of ether oxygens (including phenoxy) is 1. The molecule has 38 heavy (non-hydrogen) atoms. The number of nitrogens with one attached hydrogen (secondary N) is 1. The summed E-state index contributed by atoms with van der Waals surface area (Å²) < 4.78 is 7.01. The van der Waals surface area contributed by atoms with Crippen LogP contribution in [0.4, 0.5) is 0 Å². The van der Waals surface area contributed by atoms with E-state index in [0.29, 0.717) is 18.7 Å². The summed E-state index contributed by atoms with van der Waals surface area (Å²) >= 11 is 3.54. The van der Waals surface area contributed by atoms with Gasteiger partial charge in [0.05, 0.1) is 0 Å². The molecule has 2 amide bonds. The molecule has 0 aliphatic heterocycles. The molecule has 200 valence electrons. The largest absolute Gasteiger partial charge is 0.483 e. The van der Waals surface area contributed by atoms with Crippen molar-refractivity contribution in [3.05, 3.63) is 100 Å². The van der Waals surface area contributed by atoms with Crippen molar-refractivity contribution in [3.63, 3.8) is 0 Å². The van der Waals surface area contributed by atoms with Crippen LogP contribution >= 0.6 is 15.9 Å². The second-order valence-electron chi connectivity index (χ2n) is 10.3. The lowest BCUT2D eigenvalue weighted by Gasteiger charge is -2.32. The van der Waals surface area contributed by atoms with E-state index in [4.69, 9.17) is 4.74 Å². The summed E-state index contributed by atoms with van der Waals surface area (Å²) in [4.78, 5) is 29.3. The number of amides is 2. The Hall–Kier alpha value is -3.12. The molecule has 5 nitrogen and oxygen atoms in total. The lowest BCUT2D eigenvalue weighted by atomic mass is 10.0. The monoisotopic (exact) mass is 576 g/mol. The Bertz CT molecular complexity index is 1210. The van der Waals surface area contributed by atoms with E-state index in [1.54, 1.807) is 4.90 Å². The predicted molar refractivity (Wildman–Crippen MR) is 155 cm³/mol.